The van der Waals surface area contributed by atoms with Crippen molar-refractivity contribution in [1.29, 1.82) is 0 Å². The summed E-state index contributed by atoms with van der Waals surface area (Å²) in [5, 5.41) is 8.90. The monoisotopic (exact) mass is 345 g/mol. The van der Waals surface area contributed by atoms with E-state index in [1.165, 1.54) is 34.1 Å². The fourth-order valence-electron chi connectivity index (χ4n) is 1.91. The lowest BCUT2D eigenvalue weighted by Crippen LogP contribution is -2.30. The number of hydrogen-bond acceptors (Lipinski definition) is 4. The lowest BCUT2D eigenvalue weighted by Gasteiger charge is -2.12. The van der Waals surface area contributed by atoms with Gasteiger partial charge in [-0.15, -0.1) is 11.3 Å². The molecular weight excluding hydrogens is 326 g/mol. The predicted molar refractivity (Wildman–Crippen MR) is 94.7 cm³/mol. The second kappa shape index (κ2) is 6.57. The van der Waals surface area contributed by atoms with Crippen LogP contribution in [-0.2, 0) is 11.8 Å². The minimum Gasteiger partial charge on any atom is -0.478 e. The number of carbonyl (C=O) groups excluding carboxylic acids is 1. The van der Waals surface area contributed by atoms with Crippen molar-refractivity contribution in [2.75, 3.05) is 0 Å². The number of nitrogens with zero attached hydrogens (tertiary/aromatic N) is 1. The number of carboxylic acids is 1. The van der Waals surface area contributed by atoms with Crippen LogP contribution in [0.2, 0.25) is 0 Å². The van der Waals surface area contributed by atoms with Crippen LogP contribution >= 0.6 is 11.3 Å². The van der Waals surface area contributed by atoms with Gasteiger partial charge in [-0.1, -0.05) is 32.9 Å². The van der Waals surface area contributed by atoms with Crippen molar-refractivity contribution in [3.05, 3.63) is 54.9 Å². The van der Waals surface area contributed by atoms with Gasteiger partial charge in [-0.2, -0.15) is 0 Å². The van der Waals surface area contributed by atoms with E-state index in [0.717, 1.165) is 5.56 Å². The van der Waals surface area contributed by atoms with E-state index >= 15 is 0 Å². The normalized spacial score (nSPS) is 13.3. The van der Waals surface area contributed by atoms with Crippen LogP contribution in [0.15, 0.2) is 29.1 Å². The number of aromatic carboxylic acids is 1. The summed E-state index contributed by atoms with van der Waals surface area (Å²) in [4.78, 5) is 35.3. The molecule has 1 N–H and O–H groups in total. The Bertz CT molecular complexity index is 956. The third-order valence-corrected chi connectivity index (χ3v) is 4.62. The Morgan fingerprint density at radius 2 is 1.75 bits per heavy atom. The number of carbonyl (C=O) groups is 2. The van der Waals surface area contributed by atoms with Crippen molar-refractivity contribution < 1.29 is 14.7 Å². The Hall–Kier alpha value is -2.47. The molecule has 0 unspecified atom stereocenters. The fourth-order valence-corrected chi connectivity index (χ4v) is 2.94. The van der Waals surface area contributed by atoms with Gasteiger partial charge in [0.25, 0.3) is 5.56 Å². The number of aromatic nitrogens is 1. The highest BCUT2D eigenvalue weighted by molar-refractivity contribution is 7.07. The maximum Gasteiger partial charge on any atom is 0.335 e. The third-order valence-electron chi connectivity index (χ3n) is 3.51. The van der Waals surface area contributed by atoms with E-state index in [1.54, 1.807) is 25.3 Å². The van der Waals surface area contributed by atoms with Gasteiger partial charge in [-0.3, -0.25) is 9.59 Å². The zero-order valence-corrected chi connectivity index (χ0v) is 14.8. The highest BCUT2D eigenvalue weighted by atomic mass is 32.1. The van der Waals surface area contributed by atoms with Gasteiger partial charge in [0.2, 0.25) is 0 Å². The highest BCUT2D eigenvalue weighted by Gasteiger charge is 2.19. The largest absolute Gasteiger partial charge is 0.478 e. The Balaban J connectivity index is 2.51. The minimum absolute atomic E-state index is 0.0447. The molecule has 0 amide bonds. The number of Topliss-reactive ketones (excluding diaryl/α,β-unsaturated/α-hetero) is 1. The maximum atomic E-state index is 12.3. The van der Waals surface area contributed by atoms with Gasteiger partial charge in [0.1, 0.15) is 4.66 Å². The first-order valence-electron chi connectivity index (χ1n) is 7.36. The molecule has 1 aromatic heterocycles. The molecule has 1 aromatic carbocycles. The summed E-state index contributed by atoms with van der Waals surface area (Å²) in [5.74, 6) is -1.04. The quantitative estimate of drug-likeness (QED) is 0.911. The van der Waals surface area contributed by atoms with Gasteiger partial charge in [-0.05, 0) is 23.8 Å². The molecule has 0 atom stereocenters. The van der Waals surface area contributed by atoms with E-state index in [2.05, 4.69) is 0 Å². The summed E-state index contributed by atoms with van der Waals surface area (Å²) in [7, 11) is 1.63. The number of benzene rings is 1. The van der Waals surface area contributed by atoms with Gasteiger partial charge in [0, 0.05) is 18.5 Å². The average molecular weight is 345 g/mol. The molecule has 0 radical (unpaired) electrons. The van der Waals surface area contributed by atoms with Crippen LogP contribution < -0.4 is 14.8 Å². The SMILES string of the molecule is Cn1c(=O)/c(=C/c2ccc(C(=O)O)cc2)s/c1=C/C(=O)C(C)(C)C. The molecule has 1 heterocycles. The van der Waals surface area contributed by atoms with Gasteiger partial charge in [0.05, 0.1) is 10.1 Å². The number of thiazole rings is 1. The zero-order valence-electron chi connectivity index (χ0n) is 14.0. The Morgan fingerprint density at radius 1 is 1.17 bits per heavy atom. The van der Waals surface area contributed by atoms with E-state index in [0.29, 0.717) is 9.20 Å². The predicted octanol–water partition coefficient (Wildman–Crippen LogP) is 1.37. The van der Waals surface area contributed by atoms with E-state index in [-0.39, 0.29) is 16.9 Å². The summed E-state index contributed by atoms with van der Waals surface area (Å²) in [6.45, 7) is 5.48. The first-order valence-corrected chi connectivity index (χ1v) is 8.18. The van der Waals surface area contributed by atoms with Crippen molar-refractivity contribution in [2.24, 2.45) is 12.5 Å². The van der Waals surface area contributed by atoms with Crippen LogP contribution in [0.1, 0.15) is 36.7 Å². The van der Waals surface area contributed by atoms with Crippen molar-refractivity contribution >= 4 is 35.2 Å². The first-order chi connectivity index (χ1) is 11.1. The van der Waals surface area contributed by atoms with Crippen LogP contribution in [0.25, 0.3) is 12.2 Å². The molecule has 126 valence electrons. The zero-order chi connectivity index (χ0) is 18.1. The topological polar surface area (TPSA) is 76.4 Å². The molecule has 0 spiro atoms. The summed E-state index contributed by atoms with van der Waals surface area (Å²) < 4.78 is 2.54. The number of ketones is 1. The van der Waals surface area contributed by atoms with Crippen LogP contribution in [0.3, 0.4) is 0 Å². The van der Waals surface area contributed by atoms with Crippen LogP contribution in [0.4, 0.5) is 0 Å². The third kappa shape index (κ3) is 3.89. The van der Waals surface area contributed by atoms with E-state index in [9.17, 15) is 14.4 Å². The molecule has 24 heavy (non-hydrogen) atoms. The minimum atomic E-state index is -0.994. The summed E-state index contributed by atoms with van der Waals surface area (Å²) in [6.07, 6.45) is 3.19. The smallest absolute Gasteiger partial charge is 0.335 e. The molecule has 0 bridgehead atoms. The van der Waals surface area contributed by atoms with E-state index < -0.39 is 11.4 Å². The van der Waals surface area contributed by atoms with E-state index in [1.807, 2.05) is 20.8 Å². The van der Waals surface area contributed by atoms with Gasteiger partial charge in [0.15, 0.2) is 5.78 Å². The standard InChI is InChI=1S/C18H19NO4S/c1-18(2,3)14(20)10-15-19(4)16(21)13(24-15)9-11-5-7-12(8-6-11)17(22)23/h5-10H,1-4H3,(H,22,23)/b13-9-,15-10+. The maximum absolute atomic E-state index is 12.3. The Kier molecular flexibility index (Phi) is 4.89. The van der Waals surface area contributed by atoms with E-state index in [4.69, 9.17) is 5.11 Å². The molecule has 5 nitrogen and oxygen atoms in total. The lowest BCUT2D eigenvalue weighted by molar-refractivity contribution is -0.120. The van der Waals surface area contributed by atoms with Crippen molar-refractivity contribution in [2.45, 2.75) is 20.8 Å². The second-order valence-corrected chi connectivity index (χ2v) is 7.56. The van der Waals surface area contributed by atoms with Crippen LogP contribution in [0.5, 0.6) is 0 Å². The second-order valence-electron chi connectivity index (χ2n) is 6.50. The van der Waals surface area contributed by atoms with Gasteiger partial charge >= 0.3 is 5.97 Å². The number of rotatable bonds is 3. The first kappa shape index (κ1) is 17.9. The molecule has 0 aliphatic carbocycles. The molecule has 6 heteroatoms. The Morgan fingerprint density at radius 3 is 2.25 bits per heavy atom. The number of carboxylic acid groups (broad SMARTS) is 1. The lowest BCUT2D eigenvalue weighted by atomic mass is 9.91. The number of hydrogen-bond donors (Lipinski definition) is 1. The molecule has 2 aromatic rings. The van der Waals surface area contributed by atoms with Crippen molar-refractivity contribution in [3.8, 4) is 0 Å². The molecular formula is C18H19NO4S. The molecule has 0 saturated carbocycles. The average Bonchev–Trinajstić information content (AvgIpc) is 2.75. The molecule has 0 fully saturated rings. The fraction of sp³-hybridized carbons (Fsp3) is 0.278. The van der Waals surface area contributed by atoms with Gasteiger partial charge < -0.3 is 9.67 Å². The molecule has 0 aliphatic rings. The van der Waals surface area contributed by atoms with Gasteiger partial charge in [-0.25, -0.2) is 4.79 Å². The summed E-state index contributed by atoms with van der Waals surface area (Å²) in [5.41, 5.74) is 0.232. The summed E-state index contributed by atoms with van der Waals surface area (Å²) >= 11 is 1.24. The van der Waals surface area contributed by atoms with Crippen molar-refractivity contribution in [1.82, 2.24) is 4.57 Å². The molecule has 2 rings (SSSR count). The molecule has 0 saturated heterocycles. The van der Waals surface area contributed by atoms with Crippen LogP contribution in [-0.4, -0.2) is 21.4 Å². The highest BCUT2D eigenvalue weighted by Crippen LogP contribution is 2.14. The summed E-state index contributed by atoms with van der Waals surface area (Å²) in [6, 6.07) is 6.27. The van der Waals surface area contributed by atoms with Crippen LogP contribution in [0, 0.1) is 5.41 Å². The van der Waals surface area contributed by atoms with Crippen molar-refractivity contribution in [3.63, 3.8) is 0 Å². The Labute approximate surface area is 143 Å². The molecule has 0 aliphatic heterocycles.